The standard InChI is InChI=1S/C18H15F2N3OS/c1-12(2)9-21-18-23(16(11-25-18)17-4-3-7-24-17)22-10-13-5-6-14(19)8-15(13)20/h3-8,10-11H,1,9H2,2H3. The Kier molecular flexibility index (Phi) is 5.04. The summed E-state index contributed by atoms with van der Waals surface area (Å²) in [7, 11) is 0. The molecule has 25 heavy (non-hydrogen) atoms. The number of furan rings is 1. The quantitative estimate of drug-likeness (QED) is 0.490. The van der Waals surface area contributed by atoms with Gasteiger partial charge in [-0.05, 0) is 31.2 Å². The van der Waals surface area contributed by atoms with Crippen LogP contribution in [0.3, 0.4) is 0 Å². The largest absolute Gasteiger partial charge is 0.463 e. The number of thiazole rings is 1. The average Bonchev–Trinajstić information content (AvgIpc) is 3.21. The summed E-state index contributed by atoms with van der Waals surface area (Å²) in [4.78, 5) is 5.08. The van der Waals surface area contributed by atoms with Gasteiger partial charge in [0.15, 0.2) is 5.76 Å². The molecule has 0 unspecified atom stereocenters. The van der Waals surface area contributed by atoms with E-state index in [2.05, 4.69) is 16.7 Å². The van der Waals surface area contributed by atoms with Gasteiger partial charge >= 0.3 is 0 Å². The molecular weight excluding hydrogens is 344 g/mol. The summed E-state index contributed by atoms with van der Waals surface area (Å²) in [5.41, 5.74) is 1.78. The zero-order chi connectivity index (χ0) is 17.8. The first kappa shape index (κ1) is 17.0. The monoisotopic (exact) mass is 359 g/mol. The number of aromatic nitrogens is 1. The van der Waals surface area contributed by atoms with E-state index in [0.29, 0.717) is 22.8 Å². The fourth-order valence-electron chi connectivity index (χ4n) is 2.04. The Labute approximate surface area is 147 Å². The third kappa shape index (κ3) is 4.00. The van der Waals surface area contributed by atoms with Crippen LogP contribution in [0, 0.1) is 11.6 Å². The molecule has 0 aliphatic carbocycles. The molecule has 4 nitrogen and oxygen atoms in total. The van der Waals surface area contributed by atoms with E-state index in [1.807, 2.05) is 12.3 Å². The smallest absolute Gasteiger partial charge is 0.206 e. The molecule has 0 bridgehead atoms. The van der Waals surface area contributed by atoms with Gasteiger partial charge in [-0.1, -0.05) is 12.2 Å². The fraction of sp³-hybridized carbons (Fsp3) is 0.111. The Morgan fingerprint density at radius 2 is 2.20 bits per heavy atom. The first-order valence-corrected chi connectivity index (χ1v) is 8.31. The fourth-order valence-corrected chi connectivity index (χ4v) is 2.86. The van der Waals surface area contributed by atoms with Crippen LogP contribution in [0.25, 0.3) is 11.5 Å². The van der Waals surface area contributed by atoms with Crippen LogP contribution in [-0.2, 0) is 0 Å². The van der Waals surface area contributed by atoms with Crippen LogP contribution in [0.1, 0.15) is 12.5 Å². The van der Waals surface area contributed by atoms with E-state index in [1.54, 1.807) is 23.1 Å². The average molecular weight is 359 g/mol. The number of benzene rings is 1. The molecular formula is C18H15F2N3OS. The van der Waals surface area contributed by atoms with Gasteiger partial charge in [0.2, 0.25) is 4.80 Å². The summed E-state index contributed by atoms with van der Waals surface area (Å²) in [5, 5.41) is 6.17. The second kappa shape index (κ2) is 7.40. The lowest BCUT2D eigenvalue weighted by atomic mass is 10.2. The molecule has 3 aromatic rings. The van der Waals surface area contributed by atoms with Gasteiger partial charge in [-0.3, -0.25) is 4.99 Å². The highest BCUT2D eigenvalue weighted by molar-refractivity contribution is 7.07. The maximum atomic E-state index is 13.8. The highest BCUT2D eigenvalue weighted by atomic mass is 32.1. The topological polar surface area (TPSA) is 42.8 Å². The van der Waals surface area contributed by atoms with E-state index < -0.39 is 11.6 Å². The zero-order valence-corrected chi connectivity index (χ0v) is 14.3. The molecule has 0 atom stereocenters. The minimum atomic E-state index is -0.681. The van der Waals surface area contributed by atoms with Crippen molar-refractivity contribution in [2.45, 2.75) is 6.92 Å². The van der Waals surface area contributed by atoms with E-state index in [1.165, 1.54) is 29.7 Å². The number of nitrogens with zero attached hydrogens (tertiary/aromatic N) is 3. The lowest BCUT2D eigenvalue weighted by Crippen LogP contribution is -2.13. The van der Waals surface area contributed by atoms with Gasteiger partial charge in [0.05, 0.1) is 19.0 Å². The molecule has 2 aromatic heterocycles. The number of hydrogen-bond donors (Lipinski definition) is 0. The van der Waals surface area contributed by atoms with Crippen LogP contribution in [0.4, 0.5) is 8.78 Å². The minimum Gasteiger partial charge on any atom is -0.463 e. The highest BCUT2D eigenvalue weighted by Gasteiger charge is 2.10. The second-order valence-electron chi connectivity index (χ2n) is 5.38. The van der Waals surface area contributed by atoms with E-state index in [9.17, 15) is 8.78 Å². The molecule has 0 aliphatic rings. The Morgan fingerprint density at radius 3 is 2.88 bits per heavy atom. The summed E-state index contributed by atoms with van der Waals surface area (Å²) in [6.45, 7) is 6.17. The van der Waals surface area contributed by atoms with Crippen molar-refractivity contribution in [3.63, 3.8) is 0 Å². The van der Waals surface area contributed by atoms with Crippen LogP contribution in [-0.4, -0.2) is 17.4 Å². The summed E-state index contributed by atoms with van der Waals surface area (Å²) in [5.74, 6) is -0.699. The third-order valence-electron chi connectivity index (χ3n) is 3.22. The van der Waals surface area contributed by atoms with Crippen molar-refractivity contribution < 1.29 is 13.2 Å². The van der Waals surface area contributed by atoms with E-state index in [4.69, 9.17) is 4.42 Å². The predicted molar refractivity (Wildman–Crippen MR) is 94.6 cm³/mol. The van der Waals surface area contributed by atoms with Crippen LogP contribution < -0.4 is 4.80 Å². The van der Waals surface area contributed by atoms with Crippen LogP contribution in [0.2, 0.25) is 0 Å². The molecule has 0 saturated carbocycles. The van der Waals surface area contributed by atoms with E-state index >= 15 is 0 Å². The van der Waals surface area contributed by atoms with Gasteiger partial charge in [-0.15, -0.1) is 11.3 Å². The molecule has 0 radical (unpaired) electrons. The highest BCUT2D eigenvalue weighted by Crippen LogP contribution is 2.20. The van der Waals surface area contributed by atoms with Gasteiger partial charge in [0, 0.05) is 17.0 Å². The molecule has 3 rings (SSSR count). The van der Waals surface area contributed by atoms with Gasteiger partial charge in [-0.2, -0.15) is 5.10 Å². The normalized spacial score (nSPS) is 12.2. The second-order valence-corrected chi connectivity index (χ2v) is 6.21. The Hall–Kier alpha value is -2.80. The third-order valence-corrected chi connectivity index (χ3v) is 4.07. The van der Waals surface area contributed by atoms with Gasteiger partial charge in [0.1, 0.15) is 17.3 Å². The van der Waals surface area contributed by atoms with Crippen molar-refractivity contribution in [2.24, 2.45) is 10.1 Å². The van der Waals surface area contributed by atoms with Crippen molar-refractivity contribution in [3.8, 4) is 11.5 Å². The zero-order valence-electron chi connectivity index (χ0n) is 13.4. The maximum absolute atomic E-state index is 13.8. The SMILES string of the molecule is C=C(C)CN=c1scc(-c2ccco2)n1N=Cc1ccc(F)cc1F. The van der Waals surface area contributed by atoms with Crippen molar-refractivity contribution in [3.05, 3.63) is 76.1 Å². The van der Waals surface area contributed by atoms with Crippen molar-refractivity contribution >= 4 is 17.6 Å². The molecule has 128 valence electrons. The molecule has 1 aromatic carbocycles. The summed E-state index contributed by atoms with van der Waals surface area (Å²) < 4.78 is 33.8. The van der Waals surface area contributed by atoms with Crippen LogP contribution >= 0.6 is 11.3 Å². The van der Waals surface area contributed by atoms with Gasteiger partial charge in [0.25, 0.3) is 0 Å². The molecule has 0 spiro atoms. The number of rotatable bonds is 5. The van der Waals surface area contributed by atoms with E-state index in [0.717, 1.165) is 11.6 Å². The summed E-state index contributed by atoms with van der Waals surface area (Å²) >= 11 is 1.39. The van der Waals surface area contributed by atoms with Crippen molar-refractivity contribution in [1.29, 1.82) is 0 Å². The Balaban J connectivity index is 2.06. The predicted octanol–water partition coefficient (Wildman–Crippen LogP) is 4.45. The molecule has 0 saturated heterocycles. The lowest BCUT2D eigenvalue weighted by molar-refractivity contribution is 0.575. The first-order valence-electron chi connectivity index (χ1n) is 7.43. The van der Waals surface area contributed by atoms with Crippen LogP contribution in [0.15, 0.2) is 68.6 Å². The molecule has 0 N–H and O–H groups in total. The molecule has 7 heteroatoms. The van der Waals surface area contributed by atoms with Crippen LogP contribution in [0.5, 0.6) is 0 Å². The summed E-state index contributed by atoms with van der Waals surface area (Å²) in [6, 6.07) is 6.90. The first-order chi connectivity index (χ1) is 12.0. The minimum absolute atomic E-state index is 0.177. The van der Waals surface area contributed by atoms with Crippen molar-refractivity contribution in [2.75, 3.05) is 6.54 Å². The Bertz CT molecular complexity index is 984. The van der Waals surface area contributed by atoms with Crippen molar-refractivity contribution in [1.82, 2.24) is 4.68 Å². The number of hydrogen-bond acceptors (Lipinski definition) is 4. The Morgan fingerprint density at radius 1 is 1.36 bits per heavy atom. The van der Waals surface area contributed by atoms with Gasteiger partial charge < -0.3 is 4.42 Å². The lowest BCUT2D eigenvalue weighted by Gasteiger charge is -2.01. The summed E-state index contributed by atoms with van der Waals surface area (Å²) in [6.07, 6.45) is 2.89. The molecule has 0 aliphatic heterocycles. The molecule has 0 fully saturated rings. The maximum Gasteiger partial charge on any atom is 0.206 e. The van der Waals surface area contributed by atoms with E-state index in [-0.39, 0.29) is 5.56 Å². The molecule has 2 heterocycles. The number of halogens is 2. The molecule has 0 amide bonds. The van der Waals surface area contributed by atoms with Gasteiger partial charge in [-0.25, -0.2) is 13.5 Å².